The van der Waals surface area contributed by atoms with Gasteiger partial charge in [-0.3, -0.25) is 0 Å². The van der Waals surface area contributed by atoms with Crippen molar-refractivity contribution in [3.63, 3.8) is 0 Å². The van der Waals surface area contributed by atoms with Crippen LogP contribution in [0.1, 0.15) is 15.9 Å². The van der Waals surface area contributed by atoms with E-state index in [4.69, 9.17) is 14.9 Å². The zero-order valence-corrected chi connectivity index (χ0v) is 10.2. The van der Waals surface area contributed by atoms with Gasteiger partial charge in [0.1, 0.15) is 17.1 Å². The van der Waals surface area contributed by atoms with Crippen LogP contribution in [0, 0.1) is 0 Å². The van der Waals surface area contributed by atoms with Gasteiger partial charge in [0.05, 0.1) is 0 Å². The van der Waals surface area contributed by atoms with Gasteiger partial charge in [-0.25, -0.2) is 4.79 Å². The zero-order valence-electron chi connectivity index (χ0n) is 10.2. The molecule has 0 saturated heterocycles. The lowest BCUT2D eigenvalue weighted by Crippen LogP contribution is -2.01. The lowest BCUT2D eigenvalue weighted by molar-refractivity contribution is 0.0694. The fraction of sp³-hybridized carbons (Fsp3) is 0.133. The summed E-state index contributed by atoms with van der Waals surface area (Å²) in [7, 11) is 0. The first-order valence-electron chi connectivity index (χ1n) is 5.91. The smallest absolute Gasteiger partial charge is 0.339 e. The maximum absolute atomic E-state index is 11.1. The van der Waals surface area contributed by atoms with Crippen molar-refractivity contribution in [2.75, 3.05) is 6.61 Å². The predicted molar refractivity (Wildman–Crippen MR) is 70.7 cm³/mol. The highest BCUT2D eigenvalue weighted by Crippen LogP contribution is 2.28. The van der Waals surface area contributed by atoms with Crippen LogP contribution in [-0.4, -0.2) is 22.8 Å². The third-order valence-electron chi connectivity index (χ3n) is 2.69. The summed E-state index contributed by atoms with van der Waals surface area (Å²) in [5, 5.41) is 18.1. The van der Waals surface area contributed by atoms with Crippen molar-refractivity contribution in [1.82, 2.24) is 0 Å². The summed E-state index contributed by atoms with van der Waals surface area (Å²) < 4.78 is 5.66. The van der Waals surface area contributed by atoms with E-state index in [9.17, 15) is 4.79 Å². The summed E-state index contributed by atoms with van der Waals surface area (Å²) in [6.07, 6.45) is 0.464. The monoisotopic (exact) mass is 258 g/mol. The summed E-state index contributed by atoms with van der Waals surface area (Å²) in [5.41, 5.74) is 0.950. The Morgan fingerprint density at radius 2 is 1.63 bits per heavy atom. The van der Waals surface area contributed by atoms with Crippen molar-refractivity contribution >= 4 is 5.97 Å². The molecule has 4 nitrogen and oxygen atoms in total. The van der Waals surface area contributed by atoms with Crippen LogP contribution in [0.25, 0.3) is 0 Å². The summed E-state index contributed by atoms with van der Waals surface area (Å²) >= 11 is 0. The number of ether oxygens (including phenoxy) is 1. The third-order valence-corrected chi connectivity index (χ3v) is 2.69. The minimum absolute atomic E-state index is 0.0148. The van der Waals surface area contributed by atoms with Crippen LogP contribution in [-0.2, 0) is 6.42 Å². The number of aliphatic hydroxyl groups is 1. The Morgan fingerprint density at radius 3 is 2.32 bits per heavy atom. The number of aliphatic hydroxyl groups excluding tert-OH is 1. The Morgan fingerprint density at radius 1 is 1.00 bits per heavy atom. The molecule has 0 aliphatic carbocycles. The summed E-state index contributed by atoms with van der Waals surface area (Å²) in [6.45, 7) is 0.0148. The lowest BCUT2D eigenvalue weighted by atomic mass is 10.1. The number of para-hydroxylation sites is 2. The number of aromatic carboxylic acids is 1. The van der Waals surface area contributed by atoms with E-state index in [2.05, 4.69) is 0 Å². The first-order valence-corrected chi connectivity index (χ1v) is 5.91. The van der Waals surface area contributed by atoms with Crippen LogP contribution in [0.4, 0.5) is 0 Å². The van der Waals surface area contributed by atoms with Gasteiger partial charge in [0, 0.05) is 6.61 Å². The highest BCUT2D eigenvalue weighted by molar-refractivity contribution is 5.90. The van der Waals surface area contributed by atoms with E-state index in [1.165, 1.54) is 6.07 Å². The lowest BCUT2D eigenvalue weighted by Gasteiger charge is -2.12. The first-order chi connectivity index (χ1) is 9.22. The van der Waals surface area contributed by atoms with E-state index in [-0.39, 0.29) is 12.2 Å². The topological polar surface area (TPSA) is 66.8 Å². The van der Waals surface area contributed by atoms with Gasteiger partial charge in [-0.2, -0.15) is 0 Å². The summed E-state index contributed by atoms with van der Waals surface area (Å²) in [6, 6.07) is 13.7. The SMILES string of the molecule is O=C(O)c1ccccc1Oc1ccccc1CCO. The molecule has 0 spiro atoms. The molecule has 0 fully saturated rings. The predicted octanol–water partition coefficient (Wildman–Crippen LogP) is 2.71. The fourth-order valence-electron chi connectivity index (χ4n) is 1.78. The number of rotatable bonds is 5. The third kappa shape index (κ3) is 3.11. The van der Waals surface area contributed by atoms with Crippen LogP contribution in [0.3, 0.4) is 0 Å². The second-order valence-electron chi connectivity index (χ2n) is 3.98. The molecule has 0 unspecified atom stereocenters. The summed E-state index contributed by atoms with van der Waals surface area (Å²) in [4.78, 5) is 11.1. The van der Waals surface area contributed by atoms with Crippen LogP contribution in [0.2, 0.25) is 0 Å². The maximum Gasteiger partial charge on any atom is 0.339 e. The number of hydrogen-bond donors (Lipinski definition) is 2. The number of hydrogen-bond acceptors (Lipinski definition) is 3. The van der Waals surface area contributed by atoms with Gasteiger partial charge < -0.3 is 14.9 Å². The molecule has 0 aromatic heterocycles. The second-order valence-corrected chi connectivity index (χ2v) is 3.98. The van der Waals surface area contributed by atoms with Gasteiger partial charge in [0.2, 0.25) is 0 Å². The summed E-state index contributed by atoms with van der Waals surface area (Å²) in [5.74, 6) is -0.180. The van der Waals surface area contributed by atoms with Gasteiger partial charge in [0.15, 0.2) is 0 Å². The van der Waals surface area contributed by atoms with Crippen molar-refractivity contribution < 1.29 is 19.7 Å². The quantitative estimate of drug-likeness (QED) is 0.865. The van der Waals surface area contributed by atoms with Crippen LogP contribution in [0.15, 0.2) is 48.5 Å². The molecule has 0 amide bonds. The minimum atomic E-state index is -1.03. The molecule has 2 N–H and O–H groups in total. The van der Waals surface area contributed by atoms with Crippen molar-refractivity contribution in [2.24, 2.45) is 0 Å². The number of carboxylic acids is 1. The molecular formula is C15H14O4. The number of carboxylic acid groups (broad SMARTS) is 1. The highest BCUT2D eigenvalue weighted by Gasteiger charge is 2.12. The van der Waals surface area contributed by atoms with Crippen molar-refractivity contribution in [3.05, 3.63) is 59.7 Å². The van der Waals surface area contributed by atoms with Gasteiger partial charge in [-0.1, -0.05) is 30.3 Å². The Kier molecular flexibility index (Phi) is 4.15. The van der Waals surface area contributed by atoms with Crippen molar-refractivity contribution in [3.8, 4) is 11.5 Å². The molecule has 2 aromatic rings. The maximum atomic E-state index is 11.1. The van der Waals surface area contributed by atoms with Crippen LogP contribution < -0.4 is 4.74 Å². The highest BCUT2D eigenvalue weighted by atomic mass is 16.5. The van der Waals surface area contributed by atoms with Gasteiger partial charge >= 0.3 is 5.97 Å². The van der Waals surface area contributed by atoms with Crippen molar-refractivity contribution in [1.29, 1.82) is 0 Å². The van der Waals surface area contributed by atoms with Crippen LogP contribution >= 0.6 is 0 Å². The molecule has 4 heteroatoms. The normalized spacial score (nSPS) is 10.2. The average molecular weight is 258 g/mol. The molecule has 0 saturated carbocycles. The average Bonchev–Trinajstić information content (AvgIpc) is 2.42. The molecule has 0 atom stereocenters. The van der Waals surface area contributed by atoms with Gasteiger partial charge in [-0.05, 0) is 30.2 Å². The number of carbonyl (C=O) groups is 1. The van der Waals surface area contributed by atoms with E-state index in [0.717, 1.165) is 5.56 Å². The molecule has 0 radical (unpaired) electrons. The van der Waals surface area contributed by atoms with E-state index in [0.29, 0.717) is 17.9 Å². The van der Waals surface area contributed by atoms with E-state index in [1.54, 1.807) is 30.3 Å². The molecule has 98 valence electrons. The Balaban J connectivity index is 2.34. The van der Waals surface area contributed by atoms with E-state index in [1.807, 2.05) is 12.1 Å². The van der Waals surface area contributed by atoms with E-state index < -0.39 is 5.97 Å². The van der Waals surface area contributed by atoms with Crippen LogP contribution in [0.5, 0.6) is 11.5 Å². The number of benzene rings is 2. The first kappa shape index (κ1) is 13.1. The standard InChI is InChI=1S/C15H14O4/c16-10-9-11-5-1-3-7-13(11)19-14-8-4-2-6-12(14)15(17)18/h1-8,16H,9-10H2,(H,17,18). The molecule has 0 aliphatic rings. The van der Waals surface area contributed by atoms with E-state index >= 15 is 0 Å². The fourth-order valence-corrected chi connectivity index (χ4v) is 1.78. The molecule has 2 rings (SSSR count). The molecule has 19 heavy (non-hydrogen) atoms. The van der Waals surface area contributed by atoms with Crippen molar-refractivity contribution in [2.45, 2.75) is 6.42 Å². The zero-order chi connectivity index (χ0) is 13.7. The molecule has 2 aromatic carbocycles. The largest absolute Gasteiger partial charge is 0.478 e. The molecule has 0 aliphatic heterocycles. The Labute approximate surface area is 110 Å². The minimum Gasteiger partial charge on any atom is -0.478 e. The molecule has 0 bridgehead atoms. The van der Waals surface area contributed by atoms with Gasteiger partial charge in [-0.15, -0.1) is 0 Å². The molecular weight excluding hydrogens is 244 g/mol. The second kappa shape index (κ2) is 6.02. The Bertz CT molecular complexity index is 578. The molecule has 0 heterocycles. The Hall–Kier alpha value is -2.33. The van der Waals surface area contributed by atoms with Gasteiger partial charge in [0.25, 0.3) is 0 Å².